The number of aromatic nitrogens is 2. The van der Waals surface area contributed by atoms with Gasteiger partial charge in [-0.2, -0.15) is 16.3 Å². The van der Waals surface area contributed by atoms with Crippen LogP contribution in [0.25, 0.3) is 11.4 Å². The minimum absolute atomic E-state index is 0.160. The number of aryl methyl sites for hydroxylation is 1. The zero-order valence-electron chi connectivity index (χ0n) is 12.1. The first-order valence-electron chi connectivity index (χ1n) is 7.19. The maximum atomic E-state index is 11.4. The number of carbonyl (C=O) groups is 1. The van der Waals surface area contributed by atoms with E-state index in [4.69, 9.17) is 4.52 Å². The summed E-state index contributed by atoms with van der Waals surface area (Å²) in [5.41, 5.74) is 2.08. The molecule has 2 aromatic heterocycles. The van der Waals surface area contributed by atoms with E-state index < -0.39 is 11.9 Å². The molecule has 0 radical (unpaired) electrons. The quantitative estimate of drug-likeness (QED) is 0.931. The van der Waals surface area contributed by atoms with Crippen LogP contribution in [0.15, 0.2) is 15.3 Å². The molecule has 1 fully saturated rings. The highest BCUT2D eigenvalue weighted by Crippen LogP contribution is 2.44. The number of aliphatic carboxylic acids is 1. The van der Waals surface area contributed by atoms with E-state index >= 15 is 0 Å². The zero-order valence-corrected chi connectivity index (χ0v) is 12.9. The fraction of sp³-hybridized carbons (Fsp3) is 0.533. The Bertz CT molecular complexity index is 649. The van der Waals surface area contributed by atoms with Crippen molar-refractivity contribution in [2.75, 3.05) is 0 Å². The van der Waals surface area contributed by atoms with Crippen molar-refractivity contribution >= 4 is 17.3 Å². The monoisotopic (exact) mass is 306 g/mol. The fourth-order valence-corrected chi connectivity index (χ4v) is 3.93. The maximum absolute atomic E-state index is 11.4. The second-order valence-corrected chi connectivity index (χ2v) is 6.47. The Morgan fingerprint density at radius 1 is 1.48 bits per heavy atom. The van der Waals surface area contributed by atoms with Gasteiger partial charge in [-0.1, -0.05) is 18.5 Å². The van der Waals surface area contributed by atoms with Crippen LogP contribution >= 0.6 is 11.3 Å². The van der Waals surface area contributed by atoms with Crippen molar-refractivity contribution in [3.05, 3.63) is 22.2 Å². The molecule has 3 unspecified atom stereocenters. The van der Waals surface area contributed by atoms with Crippen LogP contribution in [-0.4, -0.2) is 21.2 Å². The summed E-state index contributed by atoms with van der Waals surface area (Å²) in [6.07, 6.45) is 2.51. The van der Waals surface area contributed by atoms with Crippen molar-refractivity contribution in [2.45, 2.75) is 39.0 Å². The first-order valence-corrected chi connectivity index (χ1v) is 8.14. The van der Waals surface area contributed by atoms with Crippen LogP contribution in [0.4, 0.5) is 0 Å². The second-order valence-electron chi connectivity index (χ2n) is 5.72. The molecular formula is C15H18N2O3S. The molecule has 0 aliphatic heterocycles. The maximum Gasteiger partial charge on any atom is 0.307 e. The third-order valence-corrected chi connectivity index (χ3v) is 5.27. The molecule has 112 valence electrons. The summed E-state index contributed by atoms with van der Waals surface area (Å²) in [6, 6.07) is 0. The van der Waals surface area contributed by atoms with Crippen molar-refractivity contribution in [2.24, 2.45) is 11.8 Å². The molecule has 0 amide bonds. The summed E-state index contributed by atoms with van der Waals surface area (Å²) < 4.78 is 5.38. The summed E-state index contributed by atoms with van der Waals surface area (Å²) >= 11 is 1.60. The van der Waals surface area contributed by atoms with Gasteiger partial charge in [0.2, 0.25) is 11.7 Å². The summed E-state index contributed by atoms with van der Waals surface area (Å²) in [4.78, 5) is 15.9. The molecule has 0 bridgehead atoms. The van der Waals surface area contributed by atoms with Gasteiger partial charge in [-0.05, 0) is 36.6 Å². The normalized spacial score (nSPS) is 25.3. The first-order chi connectivity index (χ1) is 10.1. The first kappa shape index (κ1) is 14.3. The predicted molar refractivity (Wildman–Crippen MR) is 79.2 cm³/mol. The smallest absolute Gasteiger partial charge is 0.307 e. The Labute approximate surface area is 127 Å². The zero-order chi connectivity index (χ0) is 15.0. The molecule has 2 aromatic rings. The predicted octanol–water partition coefficient (Wildman–Crippen LogP) is 3.71. The molecule has 1 saturated carbocycles. The van der Waals surface area contributed by atoms with E-state index in [0.29, 0.717) is 24.1 Å². The molecule has 0 saturated heterocycles. The summed E-state index contributed by atoms with van der Waals surface area (Å²) in [7, 11) is 0. The molecule has 6 heteroatoms. The van der Waals surface area contributed by atoms with Crippen LogP contribution in [-0.2, 0) is 4.79 Å². The summed E-state index contributed by atoms with van der Waals surface area (Å²) in [5, 5.41) is 17.5. The van der Waals surface area contributed by atoms with Crippen molar-refractivity contribution in [1.82, 2.24) is 10.1 Å². The van der Waals surface area contributed by atoms with E-state index in [0.717, 1.165) is 24.0 Å². The molecule has 0 aromatic carbocycles. The van der Waals surface area contributed by atoms with Crippen molar-refractivity contribution in [3.8, 4) is 11.4 Å². The average molecular weight is 306 g/mol. The Kier molecular flexibility index (Phi) is 3.80. The fourth-order valence-electron chi connectivity index (χ4n) is 3.11. The van der Waals surface area contributed by atoms with E-state index in [-0.39, 0.29) is 5.92 Å². The van der Waals surface area contributed by atoms with Gasteiger partial charge in [0.15, 0.2) is 0 Å². The number of thiophene rings is 1. The molecular weight excluding hydrogens is 288 g/mol. The second kappa shape index (κ2) is 5.60. The standard InChI is InChI=1S/C15H18N2O3S/c1-3-9-4-10(11(5-9)15(18)19)14-16-13(17-20-14)12-7-21-6-8(12)2/h6-7,9-11H,3-5H2,1-2H3,(H,18,19). The van der Waals surface area contributed by atoms with Crippen LogP contribution in [0.2, 0.25) is 0 Å². The van der Waals surface area contributed by atoms with Crippen molar-refractivity contribution in [3.63, 3.8) is 0 Å². The SMILES string of the molecule is CCC1CC(C(=O)O)C(c2nc(-c3cscc3C)no2)C1. The van der Waals surface area contributed by atoms with Crippen LogP contribution < -0.4 is 0 Å². The number of rotatable bonds is 4. The lowest BCUT2D eigenvalue weighted by Gasteiger charge is -2.09. The number of hydrogen-bond donors (Lipinski definition) is 1. The number of nitrogens with zero attached hydrogens (tertiary/aromatic N) is 2. The van der Waals surface area contributed by atoms with Gasteiger partial charge in [-0.25, -0.2) is 0 Å². The lowest BCUT2D eigenvalue weighted by Crippen LogP contribution is -2.17. The van der Waals surface area contributed by atoms with Crippen molar-refractivity contribution < 1.29 is 14.4 Å². The van der Waals surface area contributed by atoms with E-state index in [9.17, 15) is 9.90 Å². The number of carboxylic acid groups (broad SMARTS) is 1. The van der Waals surface area contributed by atoms with Crippen LogP contribution in [0.3, 0.4) is 0 Å². The third kappa shape index (κ3) is 2.60. The van der Waals surface area contributed by atoms with E-state index in [2.05, 4.69) is 17.1 Å². The topological polar surface area (TPSA) is 76.2 Å². The van der Waals surface area contributed by atoms with Gasteiger partial charge in [-0.3, -0.25) is 4.79 Å². The van der Waals surface area contributed by atoms with Crippen LogP contribution in [0.1, 0.15) is 43.6 Å². The summed E-state index contributed by atoms with van der Waals surface area (Å²) in [5.74, 6) is 0.128. The molecule has 3 atom stereocenters. The summed E-state index contributed by atoms with van der Waals surface area (Å²) in [6.45, 7) is 4.10. The van der Waals surface area contributed by atoms with Gasteiger partial charge in [-0.15, -0.1) is 0 Å². The van der Waals surface area contributed by atoms with Crippen molar-refractivity contribution in [1.29, 1.82) is 0 Å². The largest absolute Gasteiger partial charge is 0.481 e. The lowest BCUT2D eigenvalue weighted by atomic mass is 9.96. The Morgan fingerprint density at radius 2 is 2.29 bits per heavy atom. The average Bonchev–Trinajstić information content (AvgIpc) is 3.15. The van der Waals surface area contributed by atoms with Crippen LogP contribution in [0, 0.1) is 18.8 Å². The van der Waals surface area contributed by atoms with Crippen LogP contribution in [0.5, 0.6) is 0 Å². The lowest BCUT2D eigenvalue weighted by molar-refractivity contribution is -0.142. The number of hydrogen-bond acceptors (Lipinski definition) is 5. The highest BCUT2D eigenvalue weighted by molar-refractivity contribution is 7.08. The molecule has 21 heavy (non-hydrogen) atoms. The van der Waals surface area contributed by atoms with Gasteiger partial charge in [0.05, 0.1) is 11.8 Å². The van der Waals surface area contributed by atoms with E-state index in [1.165, 1.54) is 0 Å². The van der Waals surface area contributed by atoms with Gasteiger partial charge >= 0.3 is 5.97 Å². The molecule has 2 heterocycles. The minimum atomic E-state index is -0.762. The Balaban J connectivity index is 1.88. The van der Waals surface area contributed by atoms with Gasteiger partial charge < -0.3 is 9.63 Å². The highest BCUT2D eigenvalue weighted by Gasteiger charge is 2.42. The Hall–Kier alpha value is -1.69. The molecule has 1 N–H and O–H groups in total. The van der Waals surface area contributed by atoms with Gasteiger partial charge in [0.1, 0.15) is 0 Å². The number of carboxylic acids is 1. The van der Waals surface area contributed by atoms with Gasteiger partial charge in [0.25, 0.3) is 0 Å². The van der Waals surface area contributed by atoms with E-state index in [1.807, 2.05) is 17.7 Å². The van der Waals surface area contributed by atoms with Gasteiger partial charge in [0, 0.05) is 10.9 Å². The molecule has 0 spiro atoms. The molecule has 5 nitrogen and oxygen atoms in total. The molecule has 3 rings (SSSR count). The van der Waals surface area contributed by atoms with E-state index in [1.54, 1.807) is 11.3 Å². The molecule has 1 aliphatic rings. The third-order valence-electron chi connectivity index (χ3n) is 4.41. The Morgan fingerprint density at radius 3 is 2.90 bits per heavy atom. The highest BCUT2D eigenvalue weighted by atomic mass is 32.1. The molecule has 1 aliphatic carbocycles. The minimum Gasteiger partial charge on any atom is -0.481 e.